The average Bonchev–Trinajstić information content (AvgIpc) is 3.72. The Balaban J connectivity index is 0.00000400. The molecule has 1 unspecified atom stereocenters. The predicted molar refractivity (Wildman–Crippen MR) is 172 cm³/mol. The fourth-order valence-corrected chi connectivity index (χ4v) is 7.40. The molecule has 4 aliphatic rings. The first-order chi connectivity index (χ1) is 21.0. The molecule has 2 N–H and O–H groups in total. The van der Waals surface area contributed by atoms with Crippen molar-refractivity contribution in [3.63, 3.8) is 0 Å². The van der Waals surface area contributed by atoms with E-state index in [2.05, 4.69) is 12.8 Å². The van der Waals surface area contributed by atoms with Crippen LogP contribution in [0.25, 0.3) is 28.4 Å². The molecule has 0 saturated carbocycles. The number of allylic oxidation sites excluding steroid dienone is 3. The summed E-state index contributed by atoms with van der Waals surface area (Å²) >= 11 is 0. The van der Waals surface area contributed by atoms with Crippen LogP contribution in [0.15, 0.2) is 28.7 Å². The fourth-order valence-electron chi connectivity index (χ4n) is 7.40. The van der Waals surface area contributed by atoms with Gasteiger partial charge in [-0.25, -0.2) is 0 Å². The van der Waals surface area contributed by atoms with E-state index >= 15 is 0 Å². The van der Waals surface area contributed by atoms with E-state index in [1.165, 1.54) is 7.11 Å². The zero-order valence-corrected chi connectivity index (χ0v) is 27.9. The summed E-state index contributed by atoms with van der Waals surface area (Å²) in [7, 11) is 1.30. The molecule has 1 aliphatic carbocycles. The molecular formula is C35H36MgN4O5-2. The Hall–Kier alpha value is -3.65. The molecule has 1 saturated heterocycles. The monoisotopic (exact) mass is 616 g/mol. The number of methoxy groups -OCH3 is 1. The maximum absolute atomic E-state index is 13.3. The molecule has 8 bridgehead atoms. The van der Waals surface area contributed by atoms with Crippen LogP contribution in [0.4, 0.5) is 0 Å². The van der Waals surface area contributed by atoms with Crippen LogP contribution in [0, 0.1) is 49.9 Å². The number of esters is 1. The molecule has 2 aromatic rings. The first kappa shape index (κ1) is 32.7. The molecule has 1 fully saturated rings. The van der Waals surface area contributed by atoms with E-state index in [9.17, 15) is 19.8 Å². The molecule has 2 aromatic heterocycles. The van der Waals surface area contributed by atoms with Crippen molar-refractivity contribution >= 4 is 52.7 Å². The van der Waals surface area contributed by atoms with Crippen molar-refractivity contribution in [1.82, 2.24) is 9.97 Å². The number of fused-ring (bicyclic) bond motifs is 8. The van der Waals surface area contributed by atoms with Gasteiger partial charge in [-0.05, 0) is 51.0 Å². The standard InChI is InChI=1S/C35H36N4O5.Mg/c1-8-19-15(3)22-12-24-17(5)21(10-11-28(40)41)32(38-24)30-31(35(43)44-7)34(42)29-18(6)25(39-33(29)30)14-27-20(9-2)16(4)23(37-27)13-26(19)36-22;/h1,12-14,17,19,21,31-32,34,42H,9-11H2,2-7H3,(H,40,41);/q-4;+2/b24-12-,25-14-,26-13-;/t17-,19+,21-,31+,32?,34+;/m0./s1. The van der Waals surface area contributed by atoms with Crippen molar-refractivity contribution in [3.8, 4) is 12.3 Å². The third kappa shape index (κ3) is 5.15. The fraction of sp³-hybridized carbons (Fsp3) is 0.429. The number of carboxylic acid groups (broad SMARTS) is 1. The zero-order valence-electron chi connectivity index (χ0n) is 26.5. The van der Waals surface area contributed by atoms with Crippen LogP contribution in [0.3, 0.4) is 0 Å². The maximum atomic E-state index is 13.3. The Morgan fingerprint density at radius 3 is 2.44 bits per heavy atom. The van der Waals surface area contributed by atoms with E-state index in [1.807, 2.05) is 45.9 Å². The number of aliphatic carboxylic acids is 1. The van der Waals surface area contributed by atoms with Gasteiger partial charge in [0, 0.05) is 12.3 Å². The van der Waals surface area contributed by atoms with Crippen molar-refractivity contribution in [2.24, 2.45) is 23.7 Å². The molecule has 230 valence electrons. The van der Waals surface area contributed by atoms with Gasteiger partial charge in [-0.2, -0.15) is 5.70 Å². The number of carboxylic acids is 1. The molecule has 0 radical (unpaired) electrons. The van der Waals surface area contributed by atoms with Crippen LogP contribution in [-0.4, -0.2) is 58.4 Å². The van der Waals surface area contributed by atoms with Crippen molar-refractivity contribution in [2.45, 2.75) is 66.0 Å². The molecule has 45 heavy (non-hydrogen) atoms. The topological polar surface area (TPSA) is 140 Å². The van der Waals surface area contributed by atoms with Crippen LogP contribution in [0.1, 0.15) is 73.4 Å². The number of terminal acetylenes is 1. The Labute approximate surface area is 279 Å². The summed E-state index contributed by atoms with van der Waals surface area (Å²) in [6.45, 7) is 10.0. The Kier molecular flexibility index (Phi) is 8.93. The number of rotatable bonds is 5. The van der Waals surface area contributed by atoms with Gasteiger partial charge < -0.3 is 35.6 Å². The first-order valence-electron chi connectivity index (χ1n) is 15.1. The summed E-state index contributed by atoms with van der Waals surface area (Å²) in [6.07, 6.45) is 11.7. The van der Waals surface area contributed by atoms with Gasteiger partial charge in [-0.15, -0.1) is 39.9 Å². The second-order valence-electron chi connectivity index (χ2n) is 12.1. The number of nitrogens with zero attached hydrogens (tertiary/aromatic N) is 4. The van der Waals surface area contributed by atoms with E-state index < -0.39 is 30.0 Å². The van der Waals surface area contributed by atoms with E-state index in [4.69, 9.17) is 31.8 Å². The average molecular weight is 617 g/mol. The minimum absolute atomic E-state index is 0. The summed E-state index contributed by atoms with van der Waals surface area (Å²) in [4.78, 5) is 35.0. The van der Waals surface area contributed by atoms with Gasteiger partial charge in [0.05, 0.1) is 13.2 Å². The number of aliphatic hydroxyl groups excluding tert-OH is 1. The van der Waals surface area contributed by atoms with E-state index in [-0.39, 0.29) is 47.2 Å². The molecular weight excluding hydrogens is 581 g/mol. The number of aromatic nitrogens is 2. The molecule has 6 rings (SSSR count). The Morgan fingerprint density at radius 1 is 1.07 bits per heavy atom. The summed E-state index contributed by atoms with van der Waals surface area (Å²) in [6, 6.07) is -0.594. The van der Waals surface area contributed by atoms with Gasteiger partial charge in [0.25, 0.3) is 0 Å². The smallest absolute Gasteiger partial charge is 0.681 e. The third-order valence-corrected chi connectivity index (χ3v) is 9.90. The van der Waals surface area contributed by atoms with Crippen molar-refractivity contribution in [1.29, 1.82) is 0 Å². The van der Waals surface area contributed by atoms with Crippen LogP contribution in [0.2, 0.25) is 0 Å². The minimum atomic E-state index is -1.17. The number of hydrogen-bond acceptors (Lipinski definition) is 4. The van der Waals surface area contributed by atoms with Crippen molar-refractivity contribution in [2.75, 3.05) is 7.11 Å². The van der Waals surface area contributed by atoms with Crippen molar-refractivity contribution in [3.05, 3.63) is 83.7 Å². The van der Waals surface area contributed by atoms with Gasteiger partial charge in [-0.3, -0.25) is 9.59 Å². The quantitative estimate of drug-likeness (QED) is 0.299. The molecule has 0 amide bonds. The normalized spacial score (nSPS) is 29.3. The second kappa shape index (κ2) is 12.3. The summed E-state index contributed by atoms with van der Waals surface area (Å²) < 4.78 is 5.18. The van der Waals surface area contributed by atoms with Gasteiger partial charge in [-0.1, -0.05) is 71.9 Å². The third-order valence-electron chi connectivity index (χ3n) is 9.90. The second-order valence-corrected chi connectivity index (χ2v) is 12.1. The maximum Gasteiger partial charge on any atom is 2.00 e. The number of carbonyl (C=O) groups excluding carboxylic acids is 1. The summed E-state index contributed by atoms with van der Waals surface area (Å²) in [5.41, 5.74) is 8.72. The molecule has 10 heteroatoms. The number of ether oxygens (including phenoxy) is 1. The minimum Gasteiger partial charge on any atom is -0.681 e. The predicted octanol–water partition coefficient (Wildman–Crippen LogP) is 3.24. The zero-order chi connectivity index (χ0) is 31.6. The van der Waals surface area contributed by atoms with Gasteiger partial charge in [0.1, 0.15) is 5.92 Å². The molecule has 0 aromatic carbocycles. The summed E-state index contributed by atoms with van der Waals surface area (Å²) in [5, 5.41) is 32.6. The first-order valence-corrected chi connectivity index (χ1v) is 15.1. The number of hydrogen-bond donors (Lipinski definition) is 2. The van der Waals surface area contributed by atoms with Crippen LogP contribution >= 0.6 is 0 Å². The summed E-state index contributed by atoms with van der Waals surface area (Å²) in [5.74, 6) is -0.355. The number of carbonyl (C=O) groups is 2. The molecule has 5 heterocycles. The SMILES string of the molecule is C#C[C@@H]1C(C)=C2/C=C3\[N-]C(C4=c5[n-]/c(c(C)c5[C@@H](O)[C@@H]4C(=O)OC)=C\c4[n-]c(c(C)c4CC)/C=C/1[N-]2)[C@@H](CCC(=O)O)[C@@H]3C.[Mg+2]. The van der Waals surface area contributed by atoms with Gasteiger partial charge in [0.15, 0.2) is 0 Å². The molecule has 3 aliphatic heterocycles. The van der Waals surface area contributed by atoms with Gasteiger partial charge >= 0.3 is 35.0 Å². The molecule has 9 nitrogen and oxygen atoms in total. The van der Waals surface area contributed by atoms with E-state index in [0.717, 1.165) is 51.5 Å². The molecule has 6 atom stereocenters. The van der Waals surface area contributed by atoms with Crippen LogP contribution < -0.4 is 20.7 Å². The van der Waals surface area contributed by atoms with E-state index in [1.54, 1.807) is 0 Å². The van der Waals surface area contributed by atoms with E-state index in [0.29, 0.717) is 34.0 Å². The van der Waals surface area contributed by atoms with Crippen LogP contribution in [-0.2, 0) is 20.7 Å². The van der Waals surface area contributed by atoms with Crippen molar-refractivity contribution < 1.29 is 24.5 Å². The Morgan fingerprint density at radius 2 is 1.80 bits per heavy atom. The Bertz CT molecular complexity index is 1850. The van der Waals surface area contributed by atoms with Crippen LogP contribution in [0.5, 0.6) is 0 Å². The largest absolute Gasteiger partial charge is 2.00 e. The number of aliphatic hydroxyl groups is 1. The molecule has 0 spiro atoms. The van der Waals surface area contributed by atoms with Gasteiger partial charge in [0.2, 0.25) is 0 Å².